The summed E-state index contributed by atoms with van der Waals surface area (Å²) in [4.78, 5) is 17.6. The van der Waals surface area contributed by atoms with E-state index in [1.54, 1.807) is 49.8 Å². The Balaban J connectivity index is 2.15. The van der Waals surface area contributed by atoms with E-state index < -0.39 is 0 Å². The van der Waals surface area contributed by atoms with Gasteiger partial charge in [-0.15, -0.1) is 11.3 Å². The lowest BCUT2D eigenvalue weighted by Gasteiger charge is -2.13. The van der Waals surface area contributed by atoms with Crippen LogP contribution >= 0.6 is 11.3 Å². The van der Waals surface area contributed by atoms with Gasteiger partial charge in [-0.1, -0.05) is 0 Å². The number of nitrogens with zero attached hydrogens (tertiary/aromatic N) is 2. The van der Waals surface area contributed by atoms with E-state index in [0.29, 0.717) is 17.8 Å². The Bertz CT molecular complexity index is 566. The molecule has 0 saturated carbocycles. The van der Waals surface area contributed by atoms with E-state index >= 15 is 0 Å². The SMILES string of the molecule is CN(C)C(=O)c1ccc(N)c(NCc2nccs2)c1. The molecule has 3 N–H and O–H groups in total. The van der Waals surface area contributed by atoms with Gasteiger partial charge in [0.15, 0.2) is 0 Å². The number of anilines is 2. The van der Waals surface area contributed by atoms with E-state index in [2.05, 4.69) is 10.3 Å². The molecule has 0 unspecified atom stereocenters. The van der Waals surface area contributed by atoms with E-state index in [9.17, 15) is 4.79 Å². The number of rotatable bonds is 4. The molecular formula is C13H16N4OS. The third kappa shape index (κ3) is 3.23. The van der Waals surface area contributed by atoms with Gasteiger partial charge >= 0.3 is 0 Å². The monoisotopic (exact) mass is 276 g/mol. The molecule has 0 bridgehead atoms. The molecular weight excluding hydrogens is 260 g/mol. The normalized spacial score (nSPS) is 10.2. The molecule has 0 aliphatic heterocycles. The molecule has 0 aliphatic carbocycles. The van der Waals surface area contributed by atoms with Crippen LogP contribution in [0.15, 0.2) is 29.8 Å². The van der Waals surface area contributed by atoms with Crippen LogP contribution in [0.3, 0.4) is 0 Å². The van der Waals surface area contributed by atoms with E-state index in [-0.39, 0.29) is 5.91 Å². The Morgan fingerprint density at radius 3 is 2.89 bits per heavy atom. The van der Waals surface area contributed by atoms with Crippen LogP contribution in [0.25, 0.3) is 0 Å². The van der Waals surface area contributed by atoms with Crippen LogP contribution < -0.4 is 11.1 Å². The standard InChI is InChI=1S/C13H16N4OS/c1-17(2)13(18)9-3-4-10(14)11(7-9)16-8-12-15-5-6-19-12/h3-7,16H,8,14H2,1-2H3. The number of thiazole rings is 1. The molecule has 0 atom stereocenters. The molecule has 0 fully saturated rings. The summed E-state index contributed by atoms with van der Waals surface area (Å²) >= 11 is 1.57. The molecule has 0 spiro atoms. The van der Waals surface area contributed by atoms with Crippen LogP contribution in [0, 0.1) is 0 Å². The topological polar surface area (TPSA) is 71.2 Å². The summed E-state index contributed by atoms with van der Waals surface area (Å²) in [6.45, 7) is 0.599. The molecule has 5 nitrogen and oxygen atoms in total. The highest BCUT2D eigenvalue weighted by Gasteiger charge is 2.10. The lowest BCUT2D eigenvalue weighted by atomic mass is 10.1. The Morgan fingerprint density at radius 1 is 1.47 bits per heavy atom. The van der Waals surface area contributed by atoms with E-state index in [4.69, 9.17) is 5.73 Å². The smallest absolute Gasteiger partial charge is 0.253 e. The molecule has 1 amide bonds. The first-order chi connectivity index (χ1) is 9.08. The molecule has 19 heavy (non-hydrogen) atoms. The molecule has 2 rings (SSSR count). The minimum absolute atomic E-state index is 0.0442. The highest BCUT2D eigenvalue weighted by atomic mass is 32.1. The first kappa shape index (κ1) is 13.4. The van der Waals surface area contributed by atoms with Gasteiger partial charge in [0.1, 0.15) is 5.01 Å². The van der Waals surface area contributed by atoms with Gasteiger partial charge in [-0.05, 0) is 18.2 Å². The molecule has 1 heterocycles. The van der Waals surface area contributed by atoms with Crippen LogP contribution in [-0.4, -0.2) is 29.9 Å². The van der Waals surface area contributed by atoms with Gasteiger partial charge in [-0.3, -0.25) is 4.79 Å². The summed E-state index contributed by atoms with van der Waals surface area (Å²) in [5, 5.41) is 6.10. The summed E-state index contributed by atoms with van der Waals surface area (Å²) in [5.74, 6) is -0.0442. The molecule has 1 aromatic carbocycles. The first-order valence-electron chi connectivity index (χ1n) is 5.81. The van der Waals surface area contributed by atoms with Gasteiger partial charge < -0.3 is 16.0 Å². The predicted molar refractivity (Wildman–Crippen MR) is 78.3 cm³/mol. The fourth-order valence-electron chi connectivity index (χ4n) is 1.61. The molecule has 6 heteroatoms. The zero-order valence-corrected chi connectivity index (χ0v) is 11.7. The van der Waals surface area contributed by atoms with Crippen LogP contribution in [0.1, 0.15) is 15.4 Å². The Labute approximate surface area is 116 Å². The van der Waals surface area contributed by atoms with Crippen molar-refractivity contribution in [2.24, 2.45) is 0 Å². The van der Waals surface area contributed by atoms with Crippen molar-refractivity contribution in [3.05, 3.63) is 40.3 Å². The van der Waals surface area contributed by atoms with E-state index in [1.807, 2.05) is 5.38 Å². The van der Waals surface area contributed by atoms with Crippen molar-refractivity contribution in [2.45, 2.75) is 6.54 Å². The van der Waals surface area contributed by atoms with Gasteiger partial charge in [0, 0.05) is 31.2 Å². The number of nitrogen functional groups attached to an aromatic ring is 1. The van der Waals surface area contributed by atoms with Gasteiger partial charge in [-0.2, -0.15) is 0 Å². The molecule has 2 aromatic rings. The van der Waals surface area contributed by atoms with Crippen molar-refractivity contribution >= 4 is 28.6 Å². The number of hydrogen-bond acceptors (Lipinski definition) is 5. The molecule has 0 aliphatic rings. The fraction of sp³-hybridized carbons (Fsp3) is 0.231. The van der Waals surface area contributed by atoms with Crippen LogP contribution in [-0.2, 0) is 6.54 Å². The lowest BCUT2D eigenvalue weighted by Crippen LogP contribution is -2.21. The number of aromatic nitrogens is 1. The largest absolute Gasteiger partial charge is 0.397 e. The van der Waals surface area contributed by atoms with Gasteiger partial charge in [-0.25, -0.2) is 4.98 Å². The number of carbonyl (C=O) groups excluding carboxylic acids is 1. The number of benzene rings is 1. The Hall–Kier alpha value is -2.08. The van der Waals surface area contributed by atoms with Gasteiger partial charge in [0.05, 0.1) is 17.9 Å². The maximum absolute atomic E-state index is 11.9. The fourth-order valence-corrected chi connectivity index (χ4v) is 2.17. The molecule has 0 saturated heterocycles. The second-order valence-electron chi connectivity index (χ2n) is 4.28. The third-order valence-electron chi connectivity index (χ3n) is 2.62. The molecule has 100 valence electrons. The zero-order chi connectivity index (χ0) is 13.8. The number of carbonyl (C=O) groups is 1. The first-order valence-corrected chi connectivity index (χ1v) is 6.69. The zero-order valence-electron chi connectivity index (χ0n) is 10.9. The number of hydrogen-bond donors (Lipinski definition) is 2. The van der Waals surface area contributed by atoms with Crippen molar-refractivity contribution in [2.75, 3.05) is 25.1 Å². The van der Waals surface area contributed by atoms with Gasteiger partial charge in [0.2, 0.25) is 0 Å². The third-order valence-corrected chi connectivity index (χ3v) is 3.40. The predicted octanol–water partition coefficient (Wildman–Crippen LogP) is 2.04. The van der Waals surface area contributed by atoms with Crippen LogP contribution in [0.4, 0.5) is 11.4 Å². The van der Waals surface area contributed by atoms with Gasteiger partial charge in [0.25, 0.3) is 5.91 Å². The van der Waals surface area contributed by atoms with E-state index in [0.717, 1.165) is 10.7 Å². The average molecular weight is 276 g/mol. The molecule has 0 radical (unpaired) electrons. The van der Waals surface area contributed by atoms with E-state index in [1.165, 1.54) is 4.90 Å². The summed E-state index contributed by atoms with van der Waals surface area (Å²) < 4.78 is 0. The van der Waals surface area contributed by atoms with Crippen molar-refractivity contribution in [1.82, 2.24) is 9.88 Å². The number of nitrogens with two attached hydrogens (primary N) is 1. The minimum Gasteiger partial charge on any atom is -0.397 e. The number of nitrogens with one attached hydrogen (secondary N) is 1. The Kier molecular flexibility index (Phi) is 4.01. The highest BCUT2D eigenvalue weighted by Crippen LogP contribution is 2.21. The average Bonchev–Trinajstić information content (AvgIpc) is 2.90. The quantitative estimate of drug-likeness (QED) is 0.838. The second-order valence-corrected chi connectivity index (χ2v) is 5.26. The summed E-state index contributed by atoms with van der Waals surface area (Å²) in [5.41, 5.74) is 7.88. The van der Waals surface area contributed by atoms with Crippen molar-refractivity contribution in [3.63, 3.8) is 0 Å². The maximum atomic E-state index is 11.9. The van der Waals surface area contributed by atoms with Crippen LogP contribution in [0.2, 0.25) is 0 Å². The summed E-state index contributed by atoms with van der Waals surface area (Å²) in [6, 6.07) is 5.23. The lowest BCUT2D eigenvalue weighted by molar-refractivity contribution is 0.0827. The second kappa shape index (κ2) is 5.71. The summed E-state index contributed by atoms with van der Waals surface area (Å²) in [7, 11) is 3.45. The maximum Gasteiger partial charge on any atom is 0.253 e. The number of amides is 1. The minimum atomic E-state index is -0.0442. The van der Waals surface area contributed by atoms with Crippen molar-refractivity contribution < 1.29 is 4.79 Å². The highest BCUT2D eigenvalue weighted by molar-refractivity contribution is 7.09. The van der Waals surface area contributed by atoms with Crippen LogP contribution in [0.5, 0.6) is 0 Å². The van der Waals surface area contributed by atoms with Crippen molar-refractivity contribution in [3.8, 4) is 0 Å². The summed E-state index contributed by atoms with van der Waals surface area (Å²) in [6.07, 6.45) is 1.76. The Morgan fingerprint density at radius 2 is 2.26 bits per heavy atom. The van der Waals surface area contributed by atoms with Crippen molar-refractivity contribution in [1.29, 1.82) is 0 Å². The molecule has 1 aromatic heterocycles.